The molecule has 9 aromatic rings. The molecule has 0 bridgehead atoms. The third kappa shape index (κ3) is 3.62. The van der Waals surface area contributed by atoms with Crippen LogP contribution in [-0.2, 0) is 5.41 Å². The summed E-state index contributed by atoms with van der Waals surface area (Å²) >= 11 is 0. The van der Waals surface area contributed by atoms with E-state index in [0.717, 1.165) is 0 Å². The molecule has 10 rings (SSSR count). The van der Waals surface area contributed by atoms with Crippen molar-refractivity contribution in [1.29, 1.82) is 0 Å². The van der Waals surface area contributed by atoms with Crippen LogP contribution in [0.4, 0.5) is 0 Å². The lowest BCUT2D eigenvalue weighted by atomic mass is 9.78. The van der Waals surface area contributed by atoms with Crippen molar-refractivity contribution in [1.82, 2.24) is 4.40 Å². The van der Waals surface area contributed by atoms with E-state index < -0.39 is 0 Å². The monoisotopic (exact) mass is 617 g/mol. The molecular weight excluding hydrogens is 579 g/mol. The van der Waals surface area contributed by atoms with E-state index in [1.807, 2.05) is 0 Å². The molecule has 0 atom stereocenters. The van der Waals surface area contributed by atoms with E-state index in [4.69, 9.17) is 0 Å². The first-order valence-electron chi connectivity index (χ1n) is 17.6. The molecular formula is C47H39N. The molecule has 1 nitrogen and oxygen atoms in total. The Labute approximate surface area is 281 Å². The summed E-state index contributed by atoms with van der Waals surface area (Å²) < 4.78 is 2.56. The summed E-state index contributed by atoms with van der Waals surface area (Å²) in [6, 6.07) is 44.7. The average molecular weight is 618 g/mol. The fourth-order valence-electron chi connectivity index (χ4n) is 9.03. The number of aromatic nitrogens is 1. The number of nitrogens with zero attached hydrogens (tertiary/aromatic N) is 1. The Kier molecular flexibility index (Phi) is 5.52. The molecule has 0 amide bonds. The maximum Gasteiger partial charge on any atom is 0.0620 e. The van der Waals surface area contributed by atoms with Crippen molar-refractivity contribution in [3.05, 3.63) is 138 Å². The van der Waals surface area contributed by atoms with Crippen molar-refractivity contribution < 1.29 is 0 Å². The predicted molar refractivity (Wildman–Crippen MR) is 207 cm³/mol. The second kappa shape index (κ2) is 9.48. The van der Waals surface area contributed by atoms with Gasteiger partial charge in [0.05, 0.1) is 16.6 Å². The first-order chi connectivity index (χ1) is 23.2. The van der Waals surface area contributed by atoms with Crippen LogP contribution in [-0.4, -0.2) is 4.40 Å². The van der Waals surface area contributed by atoms with E-state index >= 15 is 0 Å². The van der Waals surface area contributed by atoms with Crippen LogP contribution in [0.2, 0.25) is 0 Å². The largest absolute Gasteiger partial charge is 0.308 e. The smallest absolute Gasteiger partial charge is 0.0620 e. The Balaban J connectivity index is 1.35. The molecule has 2 heterocycles. The zero-order chi connectivity index (χ0) is 32.6. The molecule has 0 saturated heterocycles. The van der Waals surface area contributed by atoms with Gasteiger partial charge in [0.1, 0.15) is 0 Å². The lowest BCUT2D eigenvalue weighted by molar-refractivity contribution is 0.662. The van der Waals surface area contributed by atoms with Gasteiger partial charge in [-0.15, -0.1) is 0 Å². The van der Waals surface area contributed by atoms with Gasteiger partial charge in [0.25, 0.3) is 0 Å². The highest BCUT2D eigenvalue weighted by Crippen LogP contribution is 2.53. The van der Waals surface area contributed by atoms with Crippen LogP contribution in [0.3, 0.4) is 0 Å². The SMILES string of the molecule is CC(C)c1ccc2cc3c(cc2c1)c1cc(-c2cccc4c2C(C)(C)c2ccccc2-4)cc2c4cc5cc(C(C)C)ccc5cc4n3c12. The van der Waals surface area contributed by atoms with Gasteiger partial charge in [0, 0.05) is 27.0 Å². The van der Waals surface area contributed by atoms with Crippen molar-refractivity contribution in [2.24, 2.45) is 0 Å². The first kappa shape index (κ1) is 27.9. The highest BCUT2D eigenvalue weighted by molar-refractivity contribution is 6.27. The van der Waals surface area contributed by atoms with Crippen LogP contribution >= 0.6 is 0 Å². The summed E-state index contributed by atoms with van der Waals surface area (Å²) in [7, 11) is 0. The second-order valence-electron chi connectivity index (χ2n) is 15.4. The van der Waals surface area contributed by atoms with Gasteiger partial charge in [-0.1, -0.05) is 120 Å². The van der Waals surface area contributed by atoms with Gasteiger partial charge >= 0.3 is 0 Å². The van der Waals surface area contributed by atoms with Crippen molar-refractivity contribution in [2.75, 3.05) is 0 Å². The van der Waals surface area contributed by atoms with E-state index in [9.17, 15) is 0 Å². The Hall–Kier alpha value is -5.14. The summed E-state index contributed by atoms with van der Waals surface area (Å²) in [6.45, 7) is 13.9. The molecule has 1 aliphatic rings. The molecule has 0 spiro atoms. The predicted octanol–water partition coefficient (Wildman–Crippen LogP) is 13.4. The topological polar surface area (TPSA) is 4.41 Å². The second-order valence-corrected chi connectivity index (χ2v) is 15.4. The maximum atomic E-state index is 2.56. The molecule has 0 fully saturated rings. The van der Waals surface area contributed by atoms with Gasteiger partial charge in [-0.05, 0) is 114 Å². The Bertz CT molecular complexity index is 2670. The summed E-state index contributed by atoms with van der Waals surface area (Å²) in [5.41, 5.74) is 14.8. The van der Waals surface area contributed by atoms with Crippen LogP contribution < -0.4 is 0 Å². The summed E-state index contributed by atoms with van der Waals surface area (Å²) in [6.07, 6.45) is 0. The van der Waals surface area contributed by atoms with Crippen LogP contribution in [0.15, 0.2) is 115 Å². The Morgan fingerprint density at radius 3 is 1.60 bits per heavy atom. The third-order valence-electron chi connectivity index (χ3n) is 11.6. The standard InChI is InChI=1S/C47H39N/c1-26(2)28-14-16-30-24-43-38(20-32(30)18-28)40-22-34(35-11-9-12-37-36-10-7-8-13-42(36)47(5,6)45(35)37)23-41-39-21-33-19-29(27(3)4)15-17-31(33)25-44(39)48(43)46(40)41/h7-27H,1-6H3. The minimum absolute atomic E-state index is 0.0867. The van der Waals surface area contributed by atoms with Gasteiger partial charge in [-0.25, -0.2) is 0 Å². The number of rotatable bonds is 3. The molecule has 2 aromatic heterocycles. The Morgan fingerprint density at radius 2 is 1.02 bits per heavy atom. The molecule has 0 aliphatic heterocycles. The van der Waals surface area contributed by atoms with Gasteiger partial charge in [-0.2, -0.15) is 0 Å². The Morgan fingerprint density at radius 1 is 0.479 bits per heavy atom. The summed E-state index contributed by atoms with van der Waals surface area (Å²) in [5, 5.41) is 10.6. The lowest BCUT2D eigenvalue weighted by Crippen LogP contribution is -2.16. The molecule has 232 valence electrons. The van der Waals surface area contributed by atoms with Crippen molar-refractivity contribution in [3.8, 4) is 22.3 Å². The zero-order valence-corrected chi connectivity index (χ0v) is 28.6. The molecule has 0 N–H and O–H groups in total. The number of benzene rings is 7. The number of fused-ring (bicyclic) bond motifs is 11. The van der Waals surface area contributed by atoms with Crippen LogP contribution in [0.1, 0.15) is 75.6 Å². The minimum Gasteiger partial charge on any atom is -0.308 e. The van der Waals surface area contributed by atoms with E-state index in [-0.39, 0.29) is 5.41 Å². The first-order valence-corrected chi connectivity index (χ1v) is 17.6. The summed E-state index contributed by atoms with van der Waals surface area (Å²) in [5.74, 6) is 0.986. The van der Waals surface area contributed by atoms with Crippen molar-refractivity contribution in [2.45, 2.75) is 58.8 Å². The van der Waals surface area contributed by atoms with Gasteiger partial charge in [-0.3, -0.25) is 0 Å². The molecule has 0 unspecified atom stereocenters. The average Bonchev–Trinajstić information content (AvgIpc) is 3.67. The fourth-order valence-corrected chi connectivity index (χ4v) is 9.03. The lowest BCUT2D eigenvalue weighted by Gasteiger charge is -2.24. The normalized spacial score (nSPS) is 14.2. The van der Waals surface area contributed by atoms with Crippen LogP contribution in [0.25, 0.3) is 81.9 Å². The third-order valence-corrected chi connectivity index (χ3v) is 11.6. The zero-order valence-electron chi connectivity index (χ0n) is 28.6. The van der Waals surface area contributed by atoms with E-state index in [2.05, 4.69) is 161 Å². The van der Waals surface area contributed by atoms with Crippen molar-refractivity contribution in [3.63, 3.8) is 0 Å². The van der Waals surface area contributed by atoms with E-state index in [1.54, 1.807) is 0 Å². The van der Waals surface area contributed by atoms with Crippen LogP contribution in [0.5, 0.6) is 0 Å². The fraction of sp³-hybridized carbons (Fsp3) is 0.191. The maximum absolute atomic E-state index is 2.56. The number of hydrogen-bond donors (Lipinski definition) is 0. The van der Waals surface area contributed by atoms with E-state index in [1.165, 1.54) is 104 Å². The van der Waals surface area contributed by atoms with Gasteiger partial charge < -0.3 is 4.40 Å². The van der Waals surface area contributed by atoms with Gasteiger partial charge in [0.2, 0.25) is 0 Å². The molecule has 0 radical (unpaired) electrons. The molecule has 7 aromatic carbocycles. The molecule has 0 saturated carbocycles. The van der Waals surface area contributed by atoms with E-state index in [0.29, 0.717) is 11.8 Å². The van der Waals surface area contributed by atoms with Crippen molar-refractivity contribution >= 4 is 59.6 Å². The molecule has 1 aliphatic carbocycles. The highest BCUT2D eigenvalue weighted by atomic mass is 14.9. The quantitative estimate of drug-likeness (QED) is 0.186. The number of hydrogen-bond acceptors (Lipinski definition) is 0. The van der Waals surface area contributed by atoms with Gasteiger partial charge in [0.15, 0.2) is 0 Å². The highest BCUT2D eigenvalue weighted by Gasteiger charge is 2.37. The molecule has 48 heavy (non-hydrogen) atoms. The summed E-state index contributed by atoms with van der Waals surface area (Å²) in [4.78, 5) is 0. The molecule has 1 heteroatoms. The van der Waals surface area contributed by atoms with Crippen LogP contribution in [0, 0.1) is 0 Å². The minimum atomic E-state index is -0.0867.